The molecule has 0 saturated heterocycles. The third-order valence-electron chi connectivity index (χ3n) is 5.74. The van der Waals surface area contributed by atoms with Gasteiger partial charge in [0.25, 0.3) is 0 Å². The molecule has 1 saturated carbocycles. The zero-order valence-corrected chi connectivity index (χ0v) is 17.4. The van der Waals surface area contributed by atoms with Gasteiger partial charge in [0.15, 0.2) is 0 Å². The largest absolute Gasteiger partial charge is 0.463 e. The van der Waals surface area contributed by atoms with Gasteiger partial charge < -0.3 is 15.0 Å². The number of benzene rings is 1. The summed E-state index contributed by atoms with van der Waals surface area (Å²) in [5, 5.41) is 7.50. The number of allylic oxidation sites excluding steroid dienone is 1. The van der Waals surface area contributed by atoms with Gasteiger partial charge in [-0.2, -0.15) is 10.1 Å². The lowest BCUT2D eigenvalue weighted by atomic mass is 9.95. The summed E-state index contributed by atoms with van der Waals surface area (Å²) in [4.78, 5) is 31.9. The number of hydrogen-bond acceptors (Lipinski definition) is 6. The summed E-state index contributed by atoms with van der Waals surface area (Å²) in [6.45, 7) is 3.96. The monoisotopic (exact) mass is 409 g/mol. The Kier molecular flexibility index (Phi) is 5.83. The Morgan fingerprint density at radius 3 is 2.63 bits per heavy atom. The SMILES string of the molecule is CCOC(=O)C1=C(C)N(CC(=O)NC2CCCC2)c2ncnn2C1c1ccccc1. The van der Waals surface area contributed by atoms with Gasteiger partial charge in [-0.3, -0.25) is 4.79 Å². The van der Waals surface area contributed by atoms with E-state index in [0.29, 0.717) is 17.2 Å². The molecule has 1 aromatic carbocycles. The fourth-order valence-corrected chi connectivity index (χ4v) is 4.32. The number of nitrogens with zero attached hydrogens (tertiary/aromatic N) is 4. The van der Waals surface area contributed by atoms with E-state index >= 15 is 0 Å². The number of hydrogen-bond donors (Lipinski definition) is 1. The maximum atomic E-state index is 13.0. The Morgan fingerprint density at radius 1 is 1.20 bits per heavy atom. The molecular weight excluding hydrogens is 382 g/mol. The number of amides is 1. The summed E-state index contributed by atoms with van der Waals surface area (Å²) in [7, 11) is 0. The molecule has 158 valence electrons. The maximum Gasteiger partial charge on any atom is 0.338 e. The van der Waals surface area contributed by atoms with E-state index in [1.54, 1.807) is 16.5 Å². The average Bonchev–Trinajstić information content (AvgIpc) is 3.42. The first kappa shape index (κ1) is 20.1. The van der Waals surface area contributed by atoms with Crippen molar-refractivity contribution in [3.63, 3.8) is 0 Å². The van der Waals surface area contributed by atoms with Crippen molar-refractivity contribution in [2.45, 2.75) is 51.6 Å². The molecule has 1 aliphatic heterocycles. The second kappa shape index (κ2) is 8.69. The van der Waals surface area contributed by atoms with Crippen molar-refractivity contribution < 1.29 is 14.3 Å². The Labute approximate surface area is 175 Å². The van der Waals surface area contributed by atoms with E-state index in [1.807, 2.05) is 37.3 Å². The Morgan fingerprint density at radius 2 is 1.93 bits per heavy atom. The second-order valence-electron chi connectivity index (χ2n) is 7.67. The van der Waals surface area contributed by atoms with Gasteiger partial charge in [0.05, 0.1) is 12.2 Å². The highest BCUT2D eigenvalue weighted by atomic mass is 16.5. The van der Waals surface area contributed by atoms with E-state index in [2.05, 4.69) is 15.4 Å². The first-order valence-electron chi connectivity index (χ1n) is 10.5. The van der Waals surface area contributed by atoms with Gasteiger partial charge in [-0.05, 0) is 32.3 Å². The number of ether oxygens (including phenoxy) is 1. The molecule has 0 spiro atoms. The van der Waals surface area contributed by atoms with E-state index < -0.39 is 12.0 Å². The van der Waals surface area contributed by atoms with Crippen molar-refractivity contribution in [2.24, 2.45) is 0 Å². The van der Waals surface area contributed by atoms with Gasteiger partial charge in [0.2, 0.25) is 11.9 Å². The summed E-state index contributed by atoms with van der Waals surface area (Å²) < 4.78 is 7.06. The fraction of sp³-hybridized carbons (Fsp3) is 0.455. The van der Waals surface area contributed by atoms with Crippen molar-refractivity contribution in [1.82, 2.24) is 20.1 Å². The van der Waals surface area contributed by atoms with Crippen LogP contribution in [0.25, 0.3) is 0 Å². The predicted molar refractivity (Wildman–Crippen MR) is 112 cm³/mol. The van der Waals surface area contributed by atoms with Crippen LogP contribution < -0.4 is 10.2 Å². The quantitative estimate of drug-likeness (QED) is 0.738. The molecule has 1 atom stereocenters. The lowest BCUT2D eigenvalue weighted by Gasteiger charge is -2.35. The van der Waals surface area contributed by atoms with Crippen LogP contribution in [0.1, 0.15) is 51.1 Å². The number of esters is 1. The van der Waals surface area contributed by atoms with Crippen LogP contribution in [0.4, 0.5) is 5.95 Å². The molecule has 30 heavy (non-hydrogen) atoms. The van der Waals surface area contributed by atoms with Gasteiger partial charge in [-0.15, -0.1) is 0 Å². The van der Waals surface area contributed by atoms with E-state index in [-0.39, 0.29) is 25.1 Å². The molecule has 8 nitrogen and oxygen atoms in total. The highest BCUT2D eigenvalue weighted by Crippen LogP contribution is 2.38. The number of carbonyl (C=O) groups is 2. The van der Waals surface area contributed by atoms with Crippen LogP contribution in [0.5, 0.6) is 0 Å². The molecule has 4 rings (SSSR count). The number of nitrogens with one attached hydrogen (secondary N) is 1. The van der Waals surface area contributed by atoms with Crippen LogP contribution in [-0.4, -0.2) is 45.8 Å². The fourth-order valence-electron chi connectivity index (χ4n) is 4.32. The van der Waals surface area contributed by atoms with Crippen LogP contribution >= 0.6 is 0 Å². The highest BCUT2D eigenvalue weighted by molar-refractivity contribution is 5.93. The van der Waals surface area contributed by atoms with Crippen molar-refractivity contribution in [2.75, 3.05) is 18.1 Å². The molecule has 1 aromatic heterocycles. The Hall–Kier alpha value is -3.16. The summed E-state index contributed by atoms with van der Waals surface area (Å²) >= 11 is 0. The zero-order chi connectivity index (χ0) is 21.1. The molecular formula is C22H27N5O3. The second-order valence-corrected chi connectivity index (χ2v) is 7.67. The third-order valence-corrected chi connectivity index (χ3v) is 5.74. The van der Waals surface area contributed by atoms with Crippen LogP contribution in [0.2, 0.25) is 0 Å². The topological polar surface area (TPSA) is 89.3 Å². The predicted octanol–water partition coefficient (Wildman–Crippen LogP) is 2.58. The molecule has 2 heterocycles. The number of rotatable bonds is 6. The first-order valence-corrected chi connectivity index (χ1v) is 10.5. The molecule has 0 radical (unpaired) electrons. The zero-order valence-electron chi connectivity index (χ0n) is 17.4. The number of aromatic nitrogens is 3. The minimum atomic E-state index is -0.461. The van der Waals surface area contributed by atoms with Crippen molar-refractivity contribution in [3.05, 3.63) is 53.5 Å². The number of anilines is 1. The average molecular weight is 409 g/mol. The van der Waals surface area contributed by atoms with Gasteiger partial charge in [-0.1, -0.05) is 43.2 Å². The highest BCUT2D eigenvalue weighted by Gasteiger charge is 2.38. The summed E-state index contributed by atoms with van der Waals surface area (Å²) in [6, 6.07) is 9.44. The summed E-state index contributed by atoms with van der Waals surface area (Å²) in [5.74, 6) is 0.0411. The lowest BCUT2D eigenvalue weighted by molar-refractivity contribution is -0.139. The van der Waals surface area contributed by atoms with Gasteiger partial charge >= 0.3 is 5.97 Å². The van der Waals surface area contributed by atoms with Gasteiger partial charge in [0, 0.05) is 11.7 Å². The van der Waals surface area contributed by atoms with Crippen LogP contribution in [0, 0.1) is 0 Å². The molecule has 1 amide bonds. The normalized spacial score (nSPS) is 19.0. The van der Waals surface area contributed by atoms with E-state index in [1.165, 1.54) is 6.33 Å². The Balaban J connectivity index is 1.71. The van der Waals surface area contributed by atoms with Crippen molar-refractivity contribution >= 4 is 17.8 Å². The summed E-state index contributed by atoms with van der Waals surface area (Å²) in [5.41, 5.74) is 2.03. The standard InChI is InChI=1S/C22H27N5O3/c1-3-30-21(29)19-15(2)26(13-18(28)25-17-11-7-8-12-17)22-23-14-24-27(22)20(19)16-9-5-4-6-10-16/h4-6,9-10,14,17,20H,3,7-8,11-13H2,1-2H3,(H,25,28). The summed E-state index contributed by atoms with van der Waals surface area (Å²) in [6.07, 6.45) is 5.78. The van der Waals surface area contributed by atoms with Gasteiger partial charge in [-0.25, -0.2) is 9.48 Å². The van der Waals surface area contributed by atoms with Crippen molar-refractivity contribution in [3.8, 4) is 0 Å². The first-order chi connectivity index (χ1) is 14.6. The molecule has 1 N–H and O–H groups in total. The molecule has 0 bridgehead atoms. The molecule has 8 heteroatoms. The third kappa shape index (κ3) is 3.81. The van der Waals surface area contributed by atoms with Crippen LogP contribution in [0.15, 0.2) is 47.9 Å². The minimum absolute atomic E-state index is 0.0748. The smallest absolute Gasteiger partial charge is 0.338 e. The van der Waals surface area contributed by atoms with Crippen LogP contribution in [0.3, 0.4) is 0 Å². The van der Waals surface area contributed by atoms with Crippen molar-refractivity contribution in [1.29, 1.82) is 0 Å². The molecule has 2 aromatic rings. The minimum Gasteiger partial charge on any atom is -0.463 e. The molecule has 2 aliphatic rings. The van der Waals surface area contributed by atoms with Crippen LogP contribution in [-0.2, 0) is 14.3 Å². The molecule has 1 fully saturated rings. The van der Waals surface area contributed by atoms with E-state index in [0.717, 1.165) is 31.2 Å². The number of carbonyl (C=O) groups excluding carboxylic acids is 2. The van der Waals surface area contributed by atoms with E-state index in [9.17, 15) is 9.59 Å². The number of fused-ring (bicyclic) bond motifs is 1. The molecule has 1 aliphatic carbocycles. The molecule has 1 unspecified atom stereocenters. The van der Waals surface area contributed by atoms with Gasteiger partial charge in [0.1, 0.15) is 18.9 Å². The maximum absolute atomic E-state index is 13.0. The van der Waals surface area contributed by atoms with E-state index in [4.69, 9.17) is 4.74 Å². The Bertz CT molecular complexity index is 947. The lowest BCUT2D eigenvalue weighted by Crippen LogP contribution is -2.44.